The Morgan fingerprint density at radius 3 is 2.63 bits per heavy atom. The van der Waals surface area contributed by atoms with Gasteiger partial charge in [0.15, 0.2) is 11.8 Å². The first-order valence-corrected chi connectivity index (χ1v) is 10.5. The van der Waals surface area contributed by atoms with Gasteiger partial charge in [0.1, 0.15) is 11.6 Å². The molecule has 0 bridgehead atoms. The quantitative estimate of drug-likeness (QED) is 0.333. The minimum Gasteiger partial charge on any atom is -0.493 e. The first-order valence-electron chi connectivity index (χ1n) is 10.5. The third-order valence-corrected chi connectivity index (χ3v) is 4.78. The average molecular weight is 417 g/mol. The molecular formula is C22H36N6O2. The first kappa shape index (κ1) is 23.7. The lowest BCUT2D eigenvalue weighted by atomic mass is 10.1. The first-order chi connectivity index (χ1) is 14.4. The van der Waals surface area contributed by atoms with E-state index >= 15 is 0 Å². The average Bonchev–Trinajstić information content (AvgIpc) is 3.02. The van der Waals surface area contributed by atoms with Crippen molar-refractivity contribution < 1.29 is 9.47 Å². The van der Waals surface area contributed by atoms with Gasteiger partial charge in [-0.05, 0) is 37.8 Å². The van der Waals surface area contributed by atoms with Crippen LogP contribution in [0.15, 0.2) is 23.2 Å². The van der Waals surface area contributed by atoms with Crippen LogP contribution in [0.4, 0.5) is 0 Å². The maximum atomic E-state index is 6.06. The topological polar surface area (TPSA) is 85.6 Å². The number of benzene rings is 1. The third kappa shape index (κ3) is 7.67. The van der Waals surface area contributed by atoms with Crippen molar-refractivity contribution in [3.05, 3.63) is 41.0 Å². The molecule has 1 aromatic heterocycles. The van der Waals surface area contributed by atoms with Gasteiger partial charge in [0, 0.05) is 26.3 Å². The van der Waals surface area contributed by atoms with E-state index in [1.54, 1.807) is 7.11 Å². The van der Waals surface area contributed by atoms with E-state index in [1.807, 2.05) is 18.5 Å². The fourth-order valence-corrected chi connectivity index (χ4v) is 2.71. The Morgan fingerprint density at radius 1 is 1.17 bits per heavy atom. The number of hydrogen-bond donors (Lipinski definition) is 2. The molecule has 30 heavy (non-hydrogen) atoms. The minimum absolute atomic E-state index is 0.511. The molecule has 2 aromatic rings. The summed E-state index contributed by atoms with van der Waals surface area (Å²) in [6.45, 7) is 11.4. The van der Waals surface area contributed by atoms with Crippen LogP contribution in [0.25, 0.3) is 0 Å². The van der Waals surface area contributed by atoms with Crippen LogP contribution in [0.2, 0.25) is 0 Å². The predicted molar refractivity (Wildman–Crippen MR) is 120 cm³/mol. The smallest absolute Gasteiger partial charge is 0.192 e. The molecule has 166 valence electrons. The van der Waals surface area contributed by atoms with E-state index in [9.17, 15) is 0 Å². The number of methoxy groups -OCH3 is 1. The van der Waals surface area contributed by atoms with E-state index in [-0.39, 0.29) is 0 Å². The molecule has 1 aromatic carbocycles. The van der Waals surface area contributed by atoms with Crippen LogP contribution in [0.1, 0.15) is 43.0 Å². The summed E-state index contributed by atoms with van der Waals surface area (Å²) in [6.07, 6.45) is 1.03. The van der Waals surface area contributed by atoms with Crippen molar-refractivity contribution in [1.82, 2.24) is 25.4 Å². The van der Waals surface area contributed by atoms with E-state index in [2.05, 4.69) is 59.8 Å². The van der Waals surface area contributed by atoms with E-state index in [1.165, 1.54) is 5.56 Å². The SMILES string of the molecule is COCCNC(=NCc1ccc(C)cc1OCCC(C)C)NCc1nnc(C)n1C. The summed E-state index contributed by atoms with van der Waals surface area (Å²) in [5.74, 6) is 3.93. The Hall–Kier alpha value is -2.61. The molecule has 2 N–H and O–H groups in total. The van der Waals surface area contributed by atoms with Gasteiger partial charge in [-0.25, -0.2) is 4.99 Å². The number of rotatable bonds is 11. The largest absolute Gasteiger partial charge is 0.493 e. The fourth-order valence-electron chi connectivity index (χ4n) is 2.71. The summed E-state index contributed by atoms with van der Waals surface area (Å²) < 4.78 is 13.2. The summed E-state index contributed by atoms with van der Waals surface area (Å²) in [7, 11) is 3.63. The van der Waals surface area contributed by atoms with Crippen LogP contribution in [-0.2, 0) is 24.9 Å². The summed E-state index contributed by atoms with van der Waals surface area (Å²) in [5.41, 5.74) is 2.24. The van der Waals surface area contributed by atoms with E-state index in [4.69, 9.17) is 14.5 Å². The van der Waals surface area contributed by atoms with Crippen LogP contribution < -0.4 is 15.4 Å². The maximum absolute atomic E-state index is 6.06. The molecule has 0 aliphatic heterocycles. The van der Waals surface area contributed by atoms with Crippen LogP contribution in [-0.4, -0.2) is 47.6 Å². The molecule has 0 aliphatic rings. The number of guanidine groups is 1. The van der Waals surface area contributed by atoms with Gasteiger partial charge in [-0.2, -0.15) is 0 Å². The summed E-state index contributed by atoms with van der Waals surface area (Å²) in [5, 5.41) is 14.9. The predicted octanol–water partition coefficient (Wildman–Crippen LogP) is 2.74. The zero-order chi connectivity index (χ0) is 21.9. The highest BCUT2D eigenvalue weighted by Gasteiger charge is 2.08. The number of aryl methyl sites for hydroxylation is 2. The zero-order valence-electron chi connectivity index (χ0n) is 19.2. The van der Waals surface area contributed by atoms with Gasteiger partial charge in [-0.15, -0.1) is 10.2 Å². The second kappa shape index (κ2) is 12.2. The Bertz CT molecular complexity index is 816. The third-order valence-electron chi connectivity index (χ3n) is 4.78. The molecule has 0 amide bonds. The van der Waals surface area contributed by atoms with Crippen molar-refractivity contribution in [2.24, 2.45) is 18.0 Å². The number of aliphatic imine (C=N–C) groups is 1. The highest BCUT2D eigenvalue weighted by Crippen LogP contribution is 2.22. The second-order valence-corrected chi connectivity index (χ2v) is 7.80. The molecule has 2 rings (SSSR count). The number of aromatic nitrogens is 3. The molecule has 0 aliphatic carbocycles. The number of nitrogens with zero attached hydrogens (tertiary/aromatic N) is 4. The second-order valence-electron chi connectivity index (χ2n) is 7.80. The standard InChI is InChI=1S/C22H36N6O2/c1-16(2)9-11-30-20-13-17(3)7-8-19(20)14-24-22(23-10-12-29-6)25-15-21-27-26-18(4)28(21)5/h7-8,13,16H,9-12,14-15H2,1-6H3,(H2,23,24,25). The molecule has 0 unspecified atom stereocenters. The van der Waals surface area contributed by atoms with E-state index < -0.39 is 0 Å². The summed E-state index contributed by atoms with van der Waals surface area (Å²) in [4.78, 5) is 4.75. The summed E-state index contributed by atoms with van der Waals surface area (Å²) >= 11 is 0. The van der Waals surface area contributed by atoms with E-state index in [0.29, 0.717) is 44.7 Å². The van der Waals surface area contributed by atoms with Crippen LogP contribution in [0, 0.1) is 19.8 Å². The Labute approximate surface area is 180 Å². The van der Waals surface area contributed by atoms with Crippen LogP contribution in [0.3, 0.4) is 0 Å². The highest BCUT2D eigenvalue weighted by molar-refractivity contribution is 5.79. The van der Waals surface area contributed by atoms with Gasteiger partial charge < -0.3 is 24.7 Å². The normalized spacial score (nSPS) is 11.8. The van der Waals surface area contributed by atoms with Gasteiger partial charge >= 0.3 is 0 Å². The van der Waals surface area contributed by atoms with Gasteiger partial charge in [-0.3, -0.25) is 0 Å². The Balaban J connectivity index is 2.08. The lowest BCUT2D eigenvalue weighted by Crippen LogP contribution is -2.39. The summed E-state index contributed by atoms with van der Waals surface area (Å²) in [6, 6.07) is 6.26. The molecule has 0 radical (unpaired) electrons. The molecule has 0 fully saturated rings. The monoisotopic (exact) mass is 416 g/mol. The molecule has 0 saturated carbocycles. The van der Waals surface area contributed by atoms with Gasteiger partial charge in [-0.1, -0.05) is 26.0 Å². The molecule has 0 spiro atoms. The van der Waals surface area contributed by atoms with Gasteiger partial charge in [0.25, 0.3) is 0 Å². The lowest BCUT2D eigenvalue weighted by Gasteiger charge is -2.14. The van der Waals surface area contributed by atoms with Crippen molar-refractivity contribution in [3.63, 3.8) is 0 Å². The van der Waals surface area contributed by atoms with Crippen molar-refractivity contribution in [2.75, 3.05) is 26.9 Å². The number of ether oxygens (including phenoxy) is 2. The fraction of sp³-hybridized carbons (Fsp3) is 0.591. The van der Waals surface area contributed by atoms with Crippen LogP contribution in [0.5, 0.6) is 5.75 Å². The molecular weight excluding hydrogens is 380 g/mol. The lowest BCUT2D eigenvalue weighted by molar-refractivity contribution is 0.203. The van der Waals surface area contributed by atoms with Crippen molar-refractivity contribution in [2.45, 2.75) is 47.2 Å². The Kier molecular flexibility index (Phi) is 9.60. The van der Waals surface area contributed by atoms with Crippen LogP contribution >= 0.6 is 0 Å². The minimum atomic E-state index is 0.511. The van der Waals surface area contributed by atoms with Crippen molar-refractivity contribution in [3.8, 4) is 5.75 Å². The van der Waals surface area contributed by atoms with Gasteiger partial charge in [0.2, 0.25) is 0 Å². The molecule has 0 atom stereocenters. The molecule has 8 heteroatoms. The van der Waals surface area contributed by atoms with Gasteiger partial charge in [0.05, 0.1) is 26.3 Å². The van der Waals surface area contributed by atoms with E-state index in [0.717, 1.165) is 29.4 Å². The maximum Gasteiger partial charge on any atom is 0.192 e. The highest BCUT2D eigenvalue weighted by atomic mass is 16.5. The molecule has 8 nitrogen and oxygen atoms in total. The Morgan fingerprint density at radius 2 is 1.97 bits per heavy atom. The van der Waals surface area contributed by atoms with Crippen molar-refractivity contribution in [1.29, 1.82) is 0 Å². The molecule has 1 heterocycles. The van der Waals surface area contributed by atoms with Crippen molar-refractivity contribution >= 4 is 5.96 Å². The molecule has 0 saturated heterocycles. The number of nitrogens with one attached hydrogen (secondary N) is 2. The number of hydrogen-bond acceptors (Lipinski definition) is 5. The zero-order valence-corrected chi connectivity index (χ0v) is 19.2.